The average Bonchev–Trinajstić information content (AvgIpc) is 3.47. The van der Waals surface area contributed by atoms with Crippen LogP contribution in [0.4, 0.5) is 0 Å². The minimum Gasteiger partial charge on any atom is -0.462 e. The molecule has 0 bridgehead atoms. The number of ether oxygens (including phenoxy) is 5. The smallest absolute Gasteiger partial charge is 0.331 e. The molecule has 4 saturated carbocycles. The predicted molar refractivity (Wildman–Crippen MR) is 149 cm³/mol. The van der Waals surface area contributed by atoms with E-state index in [0.29, 0.717) is 19.4 Å². The number of esters is 2. The molecule has 2 aliphatic heterocycles. The van der Waals surface area contributed by atoms with Gasteiger partial charge in [0.2, 0.25) is 0 Å². The zero-order chi connectivity index (χ0) is 30.2. The van der Waals surface area contributed by atoms with Crippen LogP contribution in [-0.2, 0) is 33.3 Å². The maximum Gasteiger partial charge on any atom is 0.331 e. The molecule has 0 aromatic heterocycles. The maximum atomic E-state index is 12.6. The summed E-state index contributed by atoms with van der Waals surface area (Å²) in [6.45, 7) is 7.93. The molecule has 2 heterocycles. The van der Waals surface area contributed by atoms with Crippen molar-refractivity contribution in [2.75, 3.05) is 13.7 Å². The third-order valence-electron chi connectivity index (χ3n) is 12.7. The van der Waals surface area contributed by atoms with Gasteiger partial charge in [-0.2, -0.15) is 0 Å². The van der Waals surface area contributed by atoms with Crippen molar-refractivity contribution in [2.45, 2.75) is 128 Å². The molecule has 5 fully saturated rings. The van der Waals surface area contributed by atoms with E-state index in [2.05, 4.69) is 13.8 Å². The minimum absolute atomic E-state index is 0.0601. The van der Waals surface area contributed by atoms with E-state index < -0.39 is 42.4 Å². The van der Waals surface area contributed by atoms with Crippen molar-refractivity contribution in [3.63, 3.8) is 0 Å². The Morgan fingerprint density at radius 1 is 1.05 bits per heavy atom. The van der Waals surface area contributed by atoms with Gasteiger partial charge in [0.25, 0.3) is 0 Å². The van der Waals surface area contributed by atoms with Crippen LogP contribution in [0.5, 0.6) is 0 Å². The highest BCUT2D eigenvalue weighted by Gasteiger charge is 2.69. The van der Waals surface area contributed by atoms with Gasteiger partial charge in [0.1, 0.15) is 31.0 Å². The molecule has 236 valence electrons. The molecule has 6 rings (SSSR count). The maximum absolute atomic E-state index is 12.6. The van der Waals surface area contributed by atoms with Crippen LogP contribution in [-0.4, -0.2) is 89.5 Å². The summed E-state index contributed by atoms with van der Waals surface area (Å²) in [4.78, 5) is 24.3. The van der Waals surface area contributed by atoms with E-state index in [1.807, 2.05) is 0 Å². The minimum atomic E-state index is -1.16. The Hall–Kier alpha value is -1.56. The Bertz CT molecular complexity index is 1110. The molecule has 14 atom stereocenters. The number of aliphatic hydroxyl groups excluding tert-OH is 2. The Balaban J connectivity index is 1.24. The van der Waals surface area contributed by atoms with E-state index in [-0.39, 0.29) is 52.5 Å². The summed E-state index contributed by atoms with van der Waals surface area (Å²) in [5.74, 6) is -0.0945. The molecule has 6 aliphatic rings. The lowest BCUT2D eigenvalue weighted by Gasteiger charge is -2.65. The molecule has 3 unspecified atom stereocenters. The largest absolute Gasteiger partial charge is 0.462 e. The van der Waals surface area contributed by atoms with Crippen molar-refractivity contribution in [2.24, 2.45) is 34.5 Å². The average molecular weight is 593 g/mol. The first kappa shape index (κ1) is 30.5. The van der Waals surface area contributed by atoms with Crippen molar-refractivity contribution >= 4 is 11.9 Å². The van der Waals surface area contributed by atoms with Crippen molar-refractivity contribution in [3.05, 3.63) is 11.6 Å². The number of aliphatic hydroxyl groups is 3. The molecular formula is C32H48O10. The van der Waals surface area contributed by atoms with Crippen LogP contribution in [0.15, 0.2) is 11.6 Å². The lowest BCUT2D eigenvalue weighted by atomic mass is 9.42. The Kier molecular flexibility index (Phi) is 7.84. The van der Waals surface area contributed by atoms with E-state index in [1.165, 1.54) is 14.0 Å². The van der Waals surface area contributed by atoms with Crippen LogP contribution < -0.4 is 0 Å². The van der Waals surface area contributed by atoms with Crippen molar-refractivity contribution < 1.29 is 48.6 Å². The SMILES string of the molecule is CO[C@H]1[C@@H](O)[C@@H](OC2CC3CC[C@@H]4[C@H](CC[C@]5(C)[C@@H](C6=CC(=O)OC6)CC[C@]45O)[C@@]3(C)C(OC(C)=O)C2)O[C@@H](C)[C@H]1O. The first-order valence-corrected chi connectivity index (χ1v) is 15.8. The van der Waals surface area contributed by atoms with Crippen LogP contribution >= 0.6 is 0 Å². The second-order valence-electron chi connectivity index (χ2n) is 14.4. The summed E-state index contributed by atoms with van der Waals surface area (Å²) in [6.07, 6.45) is 2.58. The molecule has 0 radical (unpaired) electrons. The van der Waals surface area contributed by atoms with Crippen LogP contribution in [0.3, 0.4) is 0 Å². The second-order valence-corrected chi connectivity index (χ2v) is 14.4. The van der Waals surface area contributed by atoms with Crippen LogP contribution in [0.2, 0.25) is 0 Å². The third kappa shape index (κ3) is 4.50. The zero-order valence-corrected chi connectivity index (χ0v) is 25.5. The number of fused-ring (bicyclic) bond motifs is 5. The van der Waals surface area contributed by atoms with Gasteiger partial charge >= 0.3 is 11.9 Å². The van der Waals surface area contributed by atoms with E-state index in [9.17, 15) is 24.9 Å². The van der Waals surface area contributed by atoms with Gasteiger partial charge in [0.15, 0.2) is 6.29 Å². The Labute approximate surface area is 248 Å². The number of carbonyl (C=O) groups excluding carboxylic acids is 2. The third-order valence-corrected chi connectivity index (χ3v) is 12.7. The van der Waals surface area contributed by atoms with E-state index in [0.717, 1.165) is 44.1 Å². The van der Waals surface area contributed by atoms with Gasteiger partial charge < -0.3 is 39.0 Å². The van der Waals surface area contributed by atoms with E-state index >= 15 is 0 Å². The quantitative estimate of drug-likeness (QED) is 0.322. The van der Waals surface area contributed by atoms with Gasteiger partial charge in [-0.25, -0.2) is 4.79 Å². The highest BCUT2D eigenvalue weighted by atomic mass is 16.7. The molecule has 0 aromatic carbocycles. The van der Waals surface area contributed by atoms with Gasteiger partial charge in [-0.15, -0.1) is 0 Å². The number of carbonyl (C=O) groups is 2. The topological polar surface area (TPSA) is 141 Å². The van der Waals surface area contributed by atoms with Crippen LogP contribution in [0, 0.1) is 34.5 Å². The number of cyclic esters (lactones) is 1. The summed E-state index contributed by atoms with van der Waals surface area (Å²) >= 11 is 0. The molecule has 1 saturated heterocycles. The number of rotatable bonds is 5. The molecule has 42 heavy (non-hydrogen) atoms. The molecule has 3 N–H and O–H groups in total. The first-order valence-electron chi connectivity index (χ1n) is 15.8. The van der Waals surface area contributed by atoms with E-state index in [1.54, 1.807) is 13.0 Å². The normalized spacial score (nSPS) is 52.0. The Morgan fingerprint density at radius 2 is 1.81 bits per heavy atom. The fourth-order valence-electron chi connectivity index (χ4n) is 10.5. The molecule has 0 spiro atoms. The summed E-state index contributed by atoms with van der Waals surface area (Å²) in [5.41, 5.74) is -0.555. The predicted octanol–water partition coefficient (Wildman–Crippen LogP) is 2.65. The monoisotopic (exact) mass is 592 g/mol. The fourth-order valence-corrected chi connectivity index (χ4v) is 10.5. The van der Waals surface area contributed by atoms with Gasteiger partial charge in [0, 0.05) is 37.4 Å². The lowest BCUT2D eigenvalue weighted by molar-refractivity contribution is -0.318. The molecule has 4 aliphatic carbocycles. The highest BCUT2D eigenvalue weighted by Crippen LogP contribution is 2.70. The van der Waals surface area contributed by atoms with Crippen LogP contribution in [0.1, 0.15) is 79.1 Å². The van der Waals surface area contributed by atoms with Gasteiger partial charge in [-0.3, -0.25) is 4.79 Å². The highest BCUT2D eigenvalue weighted by molar-refractivity contribution is 5.85. The van der Waals surface area contributed by atoms with E-state index in [4.69, 9.17) is 23.7 Å². The van der Waals surface area contributed by atoms with Crippen molar-refractivity contribution in [1.82, 2.24) is 0 Å². The summed E-state index contributed by atoms with van der Waals surface area (Å²) in [6, 6.07) is 0. The summed E-state index contributed by atoms with van der Waals surface area (Å²) < 4.78 is 28.9. The van der Waals surface area contributed by atoms with Crippen molar-refractivity contribution in [3.8, 4) is 0 Å². The summed E-state index contributed by atoms with van der Waals surface area (Å²) in [5, 5.41) is 33.8. The number of methoxy groups -OCH3 is 1. The summed E-state index contributed by atoms with van der Waals surface area (Å²) in [7, 11) is 1.45. The fraction of sp³-hybridized carbons (Fsp3) is 0.875. The standard InChI is InChI=1S/C32H48O10/c1-16-26(35)28(38-5)27(36)29(40-16)42-20-13-19-6-7-23-22(31(19,4)24(14-20)41-17(2)33)8-10-30(3)21(9-11-32(23,30)37)18-12-25(34)39-15-18/h12,16,19-24,26-29,35-37H,6-11,13-15H2,1-5H3/t16-,19?,20?,21+,22-,23+,24?,26+,27+,28+,29+,30+,31-,32-/m0/s1. The molecular weight excluding hydrogens is 544 g/mol. The van der Waals surface area contributed by atoms with Crippen molar-refractivity contribution in [1.29, 1.82) is 0 Å². The van der Waals surface area contributed by atoms with Gasteiger partial charge in [-0.1, -0.05) is 13.8 Å². The lowest BCUT2D eigenvalue weighted by Crippen LogP contribution is -2.66. The first-order chi connectivity index (χ1) is 19.8. The van der Waals surface area contributed by atoms with Gasteiger partial charge in [0.05, 0.1) is 17.8 Å². The molecule has 10 heteroatoms. The number of hydrogen-bond acceptors (Lipinski definition) is 10. The zero-order valence-electron chi connectivity index (χ0n) is 25.5. The molecule has 0 amide bonds. The Morgan fingerprint density at radius 3 is 2.48 bits per heavy atom. The second kappa shape index (κ2) is 10.8. The molecule has 10 nitrogen and oxygen atoms in total. The van der Waals surface area contributed by atoms with Gasteiger partial charge in [-0.05, 0) is 81.1 Å². The van der Waals surface area contributed by atoms with Crippen LogP contribution in [0.25, 0.3) is 0 Å². The molecule has 0 aromatic rings. The number of hydrogen-bond donors (Lipinski definition) is 3.